The van der Waals surface area contributed by atoms with E-state index in [4.69, 9.17) is 14.6 Å². The third-order valence-electron chi connectivity index (χ3n) is 3.21. The van der Waals surface area contributed by atoms with Crippen molar-refractivity contribution in [2.75, 3.05) is 14.2 Å². The van der Waals surface area contributed by atoms with Crippen molar-refractivity contribution in [1.29, 1.82) is 0 Å². The van der Waals surface area contributed by atoms with Crippen molar-refractivity contribution in [3.63, 3.8) is 0 Å². The number of carboxylic acids is 1. The molecular weight excluding hydrogens is 244 g/mol. The number of aliphatic carboxylic acids is 1. The van der Waals surface area contributed by atoms with Crippen molar-refractivity contribution >= 4 is 5.97 Å². The summed E-state index contributed by atoms with van der Waals surface area (Å²) in [5.74, 6) is 0.615. The number of carbonyl (C=O) groups is 1. The van der Waals surface area contributed by atoms with E-state index in [0.717, 1.165) is 24.8 Å². The van der Waals surface area contributed by atoms with Crippen LogP contribution >= 0.6 is 0 Å². The van der Waals surface area contributed by atoms with Gasteiger partial charge in [-0.2, -0.15) is 0 Å². The lowest BCUT2D eigenvalue weighted by Crippen LogP contribution is -2.08. The van der Waals surface area contributed by atoms with Crippen LogP contribution in [0.2, 0.25) is 0 Å². The number of hydrogen-bond acceptors (Lipinski definition) is 3. The Labute approximate surface area is 114 Å². The van der Waals surface area contributed by atoms with Crippen molar-refractivity contribution in [2.45, 2.75) is 38.5 Å². The molecule has 0 radical (unpaired) electrons. The summed E-state index contributed by atoms with van der Waals surface area (Å²) in [7, 11) is 3.19. The average molecular weight is 266 g/mol. The number of carboxylic acid groups (broad SMARTS) is 1. The molecule has 0 saturated carbocycles. The van der Waals surface area contributed by atoms with E-state index >= 15 is 0 Å². The van der Waals surface area contributed by atoms with Crippen LogP contribution in [0.25, 0.3) is 0 Å². The van der Waals surface area contributed by atoms with Gasteiger partial charge in [-0.25, -0.2) is 0 Å². The van der Waals surface area contributed by atoms with Gasteiger partial charge >= 0.3 is 5.97 Å². The van der Waals surface area contributed by atoms with Gasteiger partial charge < -0.3 is 14.6 Å². The molecular formula is C15H22O4. The zero-order chi connectivity index (χ0) is 14.3. The number of rotatable bonds is 8. The molecule has 19 heavy (non-hydrogen) atoms. The first-order valence-electron chi connectivity index (χ1n) is 6.56. The highest BCUT2D eigenvalue weighted by Gasteiger charge is 2.19. The summed E-state index contributed by atoms with van der Waals surface area (Å²) < 4.78 is 10.5. The summed E-state index contributed by atoms with van der Waals surface area (Å²) in [6.45, 7) is 2.10. The Balaban J connectivity index is 3.02. The maximum Gasteiger partial charge on any atom is 0.303 e. The molecule has 1 aromatic carbocycles. The normalized spacial score (nSPS) is 11.9. The van der Waals surface area contributed by atoms with E-state index in [1.807, 2.05) is 12.1 Å². The summed E-state index contributed by atoms with van der Waals surface area (Å²) in [4.78, 5) is 11.0. The maximum atomic E-state index is 11.0. The Kier molecular flexibility index (Phi) is 6.19. The van der Waals surface area contributed by atoms with Crippen LogP contribution in [0.15, 0.2) is 18.2 Å². The van der Waals surface area contributed by atoms with E-state index < -0.39 is 5.97 Å². The molecule has 0 heterocycles. The molecule has 0 bridgehead atoms. The predicted octanol–water partition coefficient (Wildman–Crippen LogP) is 3.45. The van der Waals surface area contributed by atoms with Crippen LogP contribution in [0.5, 0.6) is 11.5 Å². The SMILES string of the molecule is CCCCC(CC(=O)O)c1ccc(OC)cc1OC. The van der Waals surface area contributed by atoms with E-state index in [0.29, 0.717) is 11.5 Å². The van der Waals surface area contributed by atoms with Crippen molar-refractivity contribution in [3.8, 4) is 11.5 Å². The van der Waals surface area contributed by atoms with Crippen LogP contribution in [0.4, 0.5) is 0 Å². The lowest BCUT2D eigenvalue weighted by Gasteiger charge is -2.18. The molecule has 1 unspecified atom stereocenters. The van der Waals surface area contributed by atoms with Crippen LogP contribution in [0.3, 0.4) is 0 Å². The Morgan fingerprint density at radius 2 is 2.05 bits per heavy atom. The number of methoxy groups -OCH3 is 2. The molecule has 1 rings (SSSR count). The first-order chi connectivity index (χ1) is 9.12. The first kappa shape index (κ1) is 15.3. The minimum Gasteiger partial charge on any atom is -0.497 e. The molecule has 0 aliphatic rings. The number of ether oxygens (including phenoxy) is 2. The molecule has 0 spiro atoms. The summed E-state index contributed by atoms with van der Waals surface area (Å²) in [6.07, 6.45) is 3.04. The Morgan fingerprint density at radius 1 is 1.32 bits per heavy atom. The van der Waals surface area contributed by atoms with Gasteiger partial charge in [-0.05, 0) is 24.0 Å². The van der Waals surface area contributed by atoms with Crippen molar-refractivity contribution in [3.05, 3.63) is 23.8 Å². The summed E-state index contributed by atoms with van der Waals surface area (Å²) in [5, 5.41) is 9.04. The summed E-state index contributed by atoms with van der Waals surface area (Å²) in [6, 6.07) is 5.55. The standard InChI is InChI=1S/C15H22O4/c1-4-5-6-11(9-15(16)17)13-8-7-12(18-2)10-14(13)19-3/h7-8,10-11H,4-6,9H2,1-3H3,(H,16,17). The Morgan fingerprint density at radius 3 is 2.58 bits per heavy atom. The maximum absolute atomic E-state index is 11.0. The van der Waals surface area contributed by atoms with Crippen LogP contribution < -0.4 is 9.47 Å². The molecule has 0 fully saturated rings. The molecule has 0 aromatic heterocycles. The van der Waals surface area contributed by atoms with Crippen LogP contribution in [-0.4, -0.2) is 25.3 Å². The van der Waals surface area contributed by atoms with Crippen LogP contribution in [0, 0.1) is 0 Å². The molecule has 106 valence electrons. The molecule has 0 aliphatic heterocycles. The van der Waals surface area contributed by atoms with Gasteiger partial charge in [0.05, 0.1) is 20.6 Å². The Hall–Kier alpha value is -1.71. The van der Waals surface area contributed by atoms with Gasteiger partial charge in [-0.1, -0.05) is 25.8 Å². The second-order valence-electron chi connectivity index (χ2n) is 4.54. The second kappa shape index (κ2) is 7.67. The molecule has 0 amide bonds. The lowest BCUT2D eigenvalue weighted by atomic mass is 9.90. The van der Waals surface area contributed by atoms with E-state index in [9.17, 15) is 4.79 Å². The molecule has 1 N–H and O–H groups in total. The second-order valence-corrected chi connectivity index (χ2v) is 4.54. The predicted molar refractivity (Wildman–Crippen MR) is 74.1 cm³/mol. The summed E-state index contributed by atoms with van der Waals surface area (Å²) >= 11 is 0. The number of hydrogen-bond donors (Lipinski definition) is 1. The van der Waals surface area contributed by atoms with Gasteiger partial charge in [0.2, 0.25) is 0 Å². The monoisotopic (exact) mass is 266 g/mol. The molecule has 0 aliphatic carbocycles. The van der Waals surface area contributed by atoms with E-state index in [2.05, 4.69) is 6.92 Å². The van der Waals surface area contributed by atoms with Gasteiger partial charge in [0.1, 0.15) is 11.5 Å². The van der Waals surface area contributed by atoms with Gasteiger partial charge in [0.25, 0.3) is 0 Å². The van der Waals surface area contributed by atoms with Gasteiger partial charge in [-0.3, -0.25) is 4.79 Å². The fourth-order valence-corrected chi connectivity index (χ4v) is 2.18. The number of unbranched alkanes of at least 4 members (excludes halogenated alkanes) is 1. The fraction of sp³-hybridized carbons (Fsp3) is 0.533. The van der Waals surface area contributed by atoms with E-state index in [1.54, 1.807) is 20.3 Å². The van der Waals surface area contributed by atoms with E-state index in [1.165, 1.54) is 0 Å². The number of benzene rings is 1. The third-order valence-corrected chi connectivity index (χ3v) is 3.21. The smallest absolute Gasteiger partial charge is 0.303 e. The highest BCUT2D eigenvalue weighted by atomic mass is 16.5. The molecule has 4 heteroatoms. The average Bonchev–Trinajstić information content (AvgIpc) is 2.42. The van der Waals surface area contributed by atoms with Gasteiger partial charge in [0, 0.05) is 6.07 Å². The molecule has 1 atom stereocenters. The first-order valence-corrected chi connectivity index (χ1v) is 6.56. The summed E-state index contributed by atoms with van der Waals surface area (Å²) in [5.41, 5.74) is 0.944. The van der Waals surface area contributed by atoms with Crippen molar-refractivity contribution < 1.29 is 19.4 Å². The van der Waals surface area contributed by atoms with E-state index in [-0.39, 0.29) is 12.3 Å². The highest BCUT2D eigenvalue weighted by Crippen LogP contribution is 2.35. The largest absolute Gasteiger partial charge is 0.497 e. The molecule has 4 nitrogen and oxygen atoms in total. The fourth-order valence-electron chi connectivity index (χ4n) is 2.18. The third kappa shape index (κ3) is 4.47. The highest BCUT2D eigenvalue weighted by molar-refractivity contribution is 5.68. The van der Waals surface area contributed by atoms with Crippen LogP contribution in [0.1, 0.15) is 44.1 Å². The van der Waals surface area contributed by atoms with Crippen LogP contribution in [-0.2, 0) is 4.79 Å². The topological polar surface area (TPSA) is 55.8 Å². The quantitative estimate of drug-likeness (QED) is 0.783. The minimum atomic E-state index is -0.779. The van der Waals surface area contributed by atoms with Crippen molar-refractivity contribution in [1.82, 2.24) is 0 Å². The van der Waals surface area contributed by atoms with Gasteiger partial charge in [-0.15, -0.1) is 0 Å². The zero-order valence-corrected chi connectivity index (χ0v) is 11.8. The zero-order valence-electron chi connectivity index (χ0n) is 11.8. The lowest BCUT2D eigenvalue weighted by molar-refractivity contribution is -0.137. The molecule has 1 aromatic rings. The van der Waals surface area contributed by atoms with Gasteiger partial charge in [0.15, 0.2) is 0 Å². The molecule has 0 saturated heterocycles. The van der Waals surface area contributed by atoms with Crippen molar-refractivity contribution in [2.24, 2.45) is 0 Å². The Bertz CT molecular complexity index is 415. The minimum absolute atomic E-state index is 0.0155.